The Morgan fingerprint density at radius 3 is 2.68 bits per heavy atom. The van der Waals surface area contributed by atoms with E-state index in [9.17, 15) is 4.79 Å². The third-order valence-corrected chi connectivity index (χ3v) is 4.01. The maximum absolute atomic E-state index is 12.4. The molecular weight excluding hydrogens is 342 g/mol. The highest BCUT2D eigenvalue weighted by Gasteiger charge is 2.13. The Bertz CT molecular complexity index is 821. The molecule has 0 unspecified atom stereocenters. The van der Waals surface area contributed by atoms with Crippen molar-refractivity contribution in [3.63, 3.8) is 0 Å². The summed E-state index contributed by atoms with van der Waals surface area (Å²) in [6.45, 7) is 1.95. The minimum absolute atomic E-state index is 0.0768. The molecule has 5 heteroatoms. The van der Waals surface area contributed by atoms with Gasteiger partial charge in [-0.1, -0.05) is 30.3 Å². The van der Waals surface area contributed by atoms with Gasteiger partial charge >= 0.3 is 0 Å². The molecule has 2 heterocycles. The number of rotatable bonds is 3. The maximum atomic E-state index is 12.4. The lowest BCUT2D eigenvalue weighted by atomic mass is 10.1. The fourth-order valence-electron chi connectivity index (χ4n) is 2.23. The van der Waals surface area contributed by atoms with Crippen LogP contribution >= 0.6 is 15.9 Å². The number of amides is 1. The fourth-order valence-corrected chi connectivity index (χ4v) is 2.67. The Morgan fingerprint density at radius 2 is 1.91 bits per heavy atom. The molecule has 0 spiro atoms. The average molecular weight is 356 g/mol. The van der Waals surface area contributed by atoms with E-state index in [1.807, 2.05) is 43.3 Å². The average Bonchev–Trinajstić information content (AvgIpc) is 2.55. The van der Waals surface area contributed by atoms with Crippen molar-refractivity contribution in [3.8, 4) is 0 Å². The van der Waals surface area contributed by atoms with Gasteiger partial charge in [-0.05, 0) is 40.5 Å². The minimum atomic E-state index is -0.193. The molecule has 0 saturated carbocycles. The fraction of sp³-hybridized carbons (Fsp3) is 0.118. The lowest BCUT2D eigenvalue weighted by Gasteiger charge is -2.14. The van der Waals surface area contributed by atoms with E-state index < -0.39 is 0 Å². The normalized spacial score (nSPS) is 12.1. The van der Waals surface area contributed by atoms with Crippen molar-refractivity contribution in [2.24, 2.45) is 0 Å². The molecule has 22 heavy (non-hydrogen) atoms. The number of carbonyl (C=O) groups is 1. The molecule has 2 aromatic heterocycles. The van der Waals surface area contributed by atoms with Crippen LogP contribution in [0.15, 0.2) is 59.3 Å². The molecule has 1 N–H and O–H groups in total. The molecule has 1 amide bonds. The first kappa shape index (κ1) is 14.7. The van der Waals surface area contributed by atoms with Crippen molar-refractivity contribution in [2.75, 3.05) is 0 Å². The highest BCUT2D eigenvalue weighted by atomic mass is 79.9. The molecule has 0 fully saturated rings. The third-order valence-electron chi connectivity index (χ3n) is 3.43. The zero-order valence-corrected chi connectivity index (χ0v) is 13.5. The first-order valence-electron chi connectivity index (χ1n) is 6.91. The molecule has 4 nitrogen and oxygen atoms in total. The van der Waals surface area contributed by atoms with Crippen LogP contribution in [-0.2, 0) is 0 Å². The first-order valence-corrected chi connectivity index (χ1v) is 7.70. The van der Waals surface area contributed by atoms with Crippen molar-refractivity contribution >= 4 is 32.7 Å². The molecule has 0 radical (unpaired) electrons. The van der Waals surface area contributed by atoms with Crippen LogP contribution in [0.25, 0.3) is 10.9 Å². The van der Waals surface area contributed by atoms with Crippen LogP contribution in [0.2, 0.25) is 0 Å². The first-order chi connectivity index (χ1) is 10.6. The van der Waals surface area contributed by atoms with Crippen LogP contribution in [0, 0.1) is 0 Å². The summed E-state index contributed by atoms with van der Waals surface area (Å²) in [6, 6.07) is 13.3. The molecule has 1 atom stereocenters. The molecule has 0 bridgehead atoms. The summed E-state index contributed by atoms with van der Waals surface area (Å²) >= 11 is 3.41. The summed E-state index contributed by atoms with van der Waals surface area (Å²) in [5.74, 6) is -0.193. The predicted molar refractivity (Wildman–Crippen MR) is 89.6 cm³/mol. The van der Waals surface area contributed by atoms with Gasteiger partial charge in [0.25, 0.3) is 5.91 Å². The van der Waals surface area contributed by atoms with Crippen LogP contribution in [0.3, 0.4) is 0 Å². The zero-order chi connectivity index (χ0) is 15.5. The van der Waals surface area contributed by atoms with Crippen LogP contribution in [-0.4, -0.2) is 15.9 Å². The Kier molecular flexibility index (Phi) is 4.15. The van der Waals surface area contributed by atoms with Gasteiger partial charge < -0.3 is 5.32 Å². The van der Waals surface area contributed by atoms with Crippen molar-refractivity contribution in [3.05, 3.63) is 70.6 Å². The molecule has 3 aromatic rings. The number of nitrogens with zero attached hydrogens (tertiary/aromatic N) is 2. The molecule has 3 rings (SSSR count). The lowest BCUT2D eigenvalue weighted by Crippen LogP contribution is -2.27. The molecular formula is C17H14BrN3O. The molecule has 0 aliphatic heterocycles. The predicted octanol–water partition coefficient (Wildman–Crippen LogP) is 3.88. The number of pyridine rings is 2. The number of fused-ring (bicyclic) bond motifs is 1. The Morgan fingerprint density at radius 1 is 1.14 bits per heavy atom. The summed E-state index contributed by atoms with van der Waals surface area (Å²) in [5, 5.41) is 3.86. The van der Waals surface area contributed by atoms with Crippen molar-refractivity contribution in [2.45, 2.75) is 13.0 Å². The van der Waals surface area contributed by atoms with Crippen LogP contribution in [0.1, 0.15) is 29.0 Å². The molecule has 0 saturated heterocycles. The van der Waals surface area contributed by atoms with Crippen LogP contribution in [0.4, 0.5) is 0 Å². The summed E-state index contributed by atoms with van der Waals surface area (Å²) in [5.41, 5.74) is 2.18. The summed E-state index contributed by atoms with van der Waals surface area (Å²) < 4.78 is 0.774. The molecule has 110 valence electrons. The smallest absolute Gasteiger partial charge is 0.270 e. The van der Waals surface area contributed by atoms with E-state index in [4.69, 9.17) is 0 Å². The molecule has 0 aliphatic carbocycles. The van der Waals surface area contributed by atoms with Gasteiger partial charge in [-0.15, -0.1) is 0 Å². The maximum Gasteiger partial charge on any atom is 0.270 e. The van der Waals surface area contributed by atoms with E-state index in [2.05, 4.69) is 31.2 Å². The third kappa shape index (κ3) is 2.99. The standard InChI is InChI=1S/C17H14BrN3O/c1-11(12-5-3-2-4-6-12)20-17(22)15-8-7-13-9-19-10-14(18)16(13)21-15/h2-11H,1H3,(H,20,22)/t11-/m1/s1. The van der Waals surface area contributed by atoms with Crippen LogP contribution in [0.5, 0.6) is 0 Å². The molecule has 1 aromatic carbocycles. The van der Waals surface area contributed by atoms with Crippen molar-refractivity contribution in [1.82, 2.24) is 15.3 Å². The summed E-state index contributed by atoms with van der Waals surface area (Å²) in [7, 11) is 0. The van der Waals surface area contributed by atoms with E-state index in [-0.39, 0.29) is 11.9 Å². The number of carbonyl (C=O) groups excluding carboxylic acids is 1. The number of nitrogens with one attached hydrogen (secondary N) is 1. The van der Waals surface area contributed by atoms with Gasteiger partial charge in [0, 0.05) is 17.8 Å². The second-order valence-corrected chi connectivity index (χ2v) is 5.85. The minimum Gasteiger partial charge on any atom is -0.344 e. The highest BCUT2D eigenvalue weighted by molar-refractivity contribution is 9.10. The van der Waals surface area contributed by atoms with Gasteiger partial charge in [-0.3, -0.25) is 9.78 Å². The van der Waals surface area contributed by atoms with Gasteiger partial charge in [0.05, 0.1) is 16.0 Å². The number of hydrogen-bond acceptors (Lipinski definition) is 3. The number of halogens is 1. The van der Waals surface area contributed by atoms with Gasteiger partial charge in [-0.25, -0.2) is 4.98 Å². The van der Waals surface area contributed by atoms with Crippen LogP contribution < -0.4 is 5.32 Å². The number of benzene rings is 1. The van der Waals surface area contributed by atoms with E-state index in [1.165, 1.54) is 0 Å². The van der Waals surface area contributed by atoms with Gasteiger partial charge in [-0.2, -0.15) is 0 Å². The second-order valence-electron chi connectivity index (χ2n) is 5.00. The topological polar surface area (TPSA) is 54.9 Å². The second kappa shape index (κ2) is 6.23. The van der Waals surface area contributed by atoms with Gasteiger partial charge in [0.1, 0.15) is 5.69 Å². The quantitative estimate of drug-likeness (QED) is 0.775. The van der Waals surface area contributed by atoms with E-state index in [0.29, 0.717) is 5.69 Å². The SMILES string of the molecule is C[C@@H](NC(=O)c1ccc2cncc(Br)c2n1)c1ccccc1. The highest BCUT2D eigenvalue weighted by Crippen LogP contribution is 2.21. The van der Waals surface area contributed by atoms with E-state index in [1.54, 1.807) is 18.5 Å². The molecule has 0 aliphatic rings. The zero-order valence-electron chi connectivity index (χ0n) is 12.0. The Labute approximate surface area is 136 Å². The monoisotopic (exact) mass is 355 g/mol. The summed E-state index contributed by atoms with van der Waals surface area (Å²) in [6.07, 6.45) is 3.39. The Hall–Kier alpha value is -2.27. The lowest BCUT2D eigenvalue weighted by molar-refractivity contribution is 0.0935. The van der Waals surface area contributed by atoms with Gasteiger partial charge in [0.15, 0.2) is 0 Å². The van der Waals surface area contributed by atoms with E-state index >= 15 is 0 Å². The largest absolute Gasteiger partial charge is 0.344 e. The van der Waals surface area contributed by atoms with Crippen molar-refractivity contribution < 1.29 is 4.79 Å². The van der Waals surface area contributed by atoms with Crippen molar-refractivity contribution in [1.29, 1.82) is 0 Å². The summed E-state index contributed by atoms with van der Waals surface area (Å²) in [4.78, 5) is 20.9. The van der Waals surface area contributed by atoms with E-state index in [0.717, 1.165) is 20.9 Å². The Balaban J connectivity index is 1.85. The van der Waals surface area contributed by atoms with Gasteiger partial charge in [0.2, 0.25) is 0 Å². The number of hydrogen-bond donors (Lipinski definition) is 1. The number of aromatic nitrogens is 2.